The molecule has 1 atom stereocenters. The summed E-state index contributed by atoms with van der Waals surface area (Å²) in [6, 6.07) is 3.32. The van der Waals surface area contributed by atoms with E-state index in [1.807, 2.05) is 6.92 Å². The first-order valence-electron chi connectivity index (χ1n) is 6.91. The lowest BCUT2D eigenvalue weighted by atomic mass is 9.76. The number of hydrogen-bond donors (Lipinski definition) is 2. The first-order valence-corrected chi connectivity index (χ1v) is 6.91. The van der Waals surface area contributed by atoms with Gasteiger partial charge < -0.3 is 15.2 Å². The molecule has 0 aliphatic heterocycles. The Morgan fingerprint density at radius 3 is 2.52 bits per heavy atom. The Morgan fingerprint density at radius 1 is 1.43 bits per heavy atom. The first-order chi connectivity index (χ1) is 9.79. The van der Waals surface area contributed by atoms with Crippen LogP contribution in [0.2, 0.25) is 0 Å². The van der Waals surface area contributed by atoms with Gasteiger partial charge in [-0.3, -0.25) is 9.59 Å². The number of amides is 1. The summed E-state index contributed by atoms with van der Waals surface area (Å²) in [4.78, 5) is 27.4. The third kappa shape index (κ3) is 4.44. The predicted molar refractivity (Wildman–Crippen MR) is 79.2 cm³/mol. The fourth-order valence-electron chi connectivity index (χ4n) is 1.75. The first kappa shape index (κ1) is 16.9. The maximum atomic E-state index is 12.0. The second kappa shape index (κ2) is 7.06. The van der Waals surface area contributed by atoms with Crippen molar-refractivity contribution >= 4 is 17.6 Å². The van der Waals surface area contributed by atoms with Gasteiger partial charge in [-0.2, -0.15) is 0 Å². The molecule has 0 bridgehead atoms. The van der Waals surface area contributed by atoms with Crippen molar-refractivity contribution in [3.05, 3.63) is 18.3 Å². The summed E-state index contributed by atoms with van der Waals surface area (Å²) in [5, 5.41) is 12.0. The average Bonchev–Trinajstić information content (AvgIpc) is 2.40. The number of carboxylic acids is 1. The largest absolute Gasteiger partial charge is 0.481 e. The van der Waals surface area contributed by atoms with E-state index in [9.17, 15) is 14.7 Å². The zero-order valence-corrected chi connectivity index (χ0v) is 12.8. The van der Waals surface area contributed by atoms with Crippen molar-refractivity contribution in [1.29, 1.82) is 0 Å². The van der Waals surface area contributed by atoms with Crippen LogP contribution < -0.4 is 10.1 Å². The van der Waals surface area contributed by atoms with E-state index in [2.05, 4.69) is 10.3 Å². The molecule has 0 saturated heterocycles. The minimum Gasteiger partial charge on any atom is -0.481 e. The van der Waals surface area contributed by atoms with Crippen LogP contribution in [0.1, 0.15) is 34.1 Å². The Hall–Kier alpha value is -2.11. The molecule has 1 aromatic rings. The number of ether oxygens (including phenoxy) is 1. The predicted octanol–water partition coefficient (Wildman–Crippen LogP) is 2.56. The molecule has 116 valence electrons. The summed E-state index contributed by atoms with van der Waals surface area (Å²) >= 11 is 0. The Bertz CT molecular complexity index is 499. The van der Waals surface area contributed by atoms with Crippen molar-refractivity contribution in [3.8, 4) is 5.88 Å². The second-order valence-corrected chi connectivity index (χ2v) is 5.42. The molecule has 21 heavy (non-hydrogen) atoms. The number of nitrogens with zero attached hydrogens (tertiary/aromatic N) is 1. The smallest absolute Gasteiger partial charge is 0.310 e. The van der Waals surface area contributed by atoms with E-state index in [4.69, 9.17) is 4.74 Å². The zero-order valence-electron chi connectivity index (χ0n) is 12.8. The van der Waals surface area contributed by atoms with Crippen LogP contribution in [0.15, 0.2) is 18.3 Å². The number of nitrogens with one attached hydrogen (secondary N) is 1. The van der Waals surface area contributed by atoms with Crippen LogP contribution in [0, 0.1) is 11.3 Å². The second-order valence-electron chi connectivity index (χ2n) is 5.42. The van der Waals surface area contributed by atoms with Gasteiger partial charge in [-0.15, -0.1) is 0 Å². The van der Waals surface area contributed by atoms with Crippen molar-refractivity contribution < 1.29 is 19.4 Å². The van der Waals surface area contributed by atoms with Gasteiger partial charge in [0, 0.05) is 12.5 Å². The number of aliphatic carboxylic acids is 1. The zero-order chi connectivity index (χ0) is 16.0. The standard InChI is InChI=1S/C15H22N2O4/c1-5-21-13-7-6-11(9-16-13)17-12(18)8-15(4,10(2)3)14(19)20/h6-7,9-10H,5,8H2,1-4H3,(H,17,18)(H,19,20). The van der Waals surface area contributed by atoms with E-state index in [1.165, 1.54) is 6.20 Å². The van der Waals surface area contributed by atoms with Crippen LogP contribution in [0.3, 0.4) is 0 Å². The molecule has 0 aliphatic rings. The molecule has 1 amide bonds. The molecular formula is C15H22N2O4. The summed E-state index contributed by atoms with van der Waals surface area (Å²) in [5.41, 5.74) is -0.581. The molecule has 1 rings (SSSR count). The van der Waals surface area contributed by atoms with E-state index < -0.39 is 11.4 Å². The van der Waals surface area contributed by atoms with Gasteiger partial charge in [-0.05, 0) is 25.8 Å². The number of carbonyl (C=O) groups is 2. The van der Waals surface area contributed by atoms with Crippen LogP contribution in [0.25, 0.3) is 0 Å². The van der Waals surface area contributed by atoms with E-state index in [-0.39, 0.29) is 18.2 Å². The van der Waals surface area contributed by atoms with Crippen molar-refractivity contribution in [2.75, 3.05) is 11.9 Å². The highest BCUT2D eigenvalue weighted by molar-refractivity contribution is 5.94. The Labute approximate surface area is 124 Å². The van der Waals surface area contributed by atoms with Gasteiger partial charge in [0.25, 0.3) is 0 Å². The Balaban J connectivity index is 2.70. The lowest BCUT2D eigenvalue weighted by molar-refractivity contribution is -0.153. The molecule has 1 heterocycles. The third-order valence-electron chi connectivity index (χ3n) is 3.60. The van der Waals surface area contributed by atoms with Gasteiger partial charge in [0.15, 0.2) is 0 Å². The van der Waals surface area contributed by atoms with Crippen LogP contribution >= 0.6 is 0 Å². The number of pyridine rings is 1. The highest BCUT2D eigenvalue weighted by atomic mass is 16.5. The highest BCUT2D eigenvalue weighted by Gasteiger charge is 2.38. The maximum absolute atomic E-state index is 12.0. The minimum absolute atomic E-state index is 0.0901. The monoisotopic (exact) mass is 294 g/mol. The number of anilines is 1. The summed E-state index contributed by atoms with van der Waals surface area (Å²) in [6.45, 7) is 7.54. The van der Waals surface area contributed by atoms with Gasteiger partial charge in [0.1, 0.15) is 0 Å². The molecule has 0 fully saturated rings. The number of carboxylic acid groups (broad SMARTS) is 1. The fraction of sp³-hybridized carbons (Fsp3) is 0.533. The summed E-state index contributed by atoms with van der Waals surface area (Å²) in [6.07, 6.45) is 1.39. The molecule has 1 aromatic heterocycles. The third-order valence-corrected chi connectivity index (χ3v) is 3.60. The van der Waals surface area contributed by atoms with E-state index in [0.717, 1.165) is 0 Å². The molecule has 0 radical (unpaired) electrons. The fourth-order valence-corrected chi connectivity index (χ4v) is 1.75. The molecule has 6 heteroatoms. The summed E-state index contributed by atoms with van der Waals surface area (Å²) < 4.78 is 5.21. The highest BCUT2D eigenvalue weighted by Crippen LogP contribution is 2.31. The number of rotatable bonds is 7. The summed E-state index contributed by atoms with van der Waals surface area (Å²) in [7, 11) is 0. The lowest BCUT2D eigenvalue weighted by Crippen LogP contribution is -2.37. The van der Waals surface area contributed by atoms with Gasteiger partial charge in [-0.25, -0.2) is 4.98 Å². The maximum Gasteiger partial charge on any atom is 0.310 e. The normalized spacial score (nSPS) is 13.6. The van der Waals surface area contributed by atoms with E-state index in [1.54, 1.807) is 32.9 Å². The van der Waals surface area contributed by atoms with Crippen LogP contribution in [-0.2, 0) is 9.59 Å². The van der Waals surface area contributed by atoms with Crippen molar-refractivity contribution in [1.82, 2.24) is 4.98 Å². The van der Waals surface area contributed by atoms with Gasteiger partial charge in [-0.1, -0.05) is 13.8 Å². The number of aromatic nitrogens is 1. The van der Waals surface area contributed by atoms with Gasteiger partial charge in [0.05, 0.1) is 23.9 Å². The molecule has 2 N–H and O–H groups in total. The van der Waals surface area contributed by atoms with Crippen LogP contribution in [0.4, 0.5) is 5.69 Å². The van der Waals surface area contributed by atoms with E-state index >= 15 is 0 Å². The SMILES string of the molecule is CCOc1ccc(NC(=O)CC(C)(C(=O)O)C(C)C)cn1. The molecule has 0 aromatic carbocycles. The molecule has 0 saturated carbocycles. The average molecular weight is 294 g/mol. The Morgan fingerprint density at radius 2 is 2.10 bits per heavy atom. The van der Waals surface area contributed by atoms with Crippen molar-refractivity contribution in [2.45, 2.75) is 34.1 Å². The molecule has 6 nitrogen and oxygen atoms in total. The molecular weight excluding hydrogens is 272 g/mol. The van der Waals surface area contributed by atoms with Gasteiger partial charge in [0.2, 0.25) is 11.8 Å². The summed E-state index contributed by atoms with van der Waals surface area (Å²) in [5.74, 6) is -0.996. The van der Waals surface area contributed by atoms with Crippen LogP contribution in [-0.4, -0.2) is 28.6 Å². The van der Waals surface area contributed by atoms with Crippen molar-refractivity contribution in [2.24, 2.45) is 11.3 Å². The minimum atomic E-state index is -1.09. The van der Waals surface area contributed by atoms with Gasteiger partial charge >= 0.3 is 5.97 Å². The topological polar surface area (TPSA) is 88.5 Å². The number of carbonyl (C=O) groups excluding carboxylic acids is 1. The Kier molecular flexibility index (Phi) is 5.69. The van der Waals surface area contributed by atoms with E-state index in [0.29, 0.717) is 18.2 Å². The molecule has 0 aliphatic carbocycles. The molecule has 0 spiro atoms. The number of hydrogen-bond acceptors (Lipinski definition) is 4. The lowest BCUT2D eigenvalue weighted by Gasteiger charge is -2.28. The van der Waals surface area contributed by atoms with Crippen molar-refractivity contribution in [3.63, 3.8) is 0 Å². The quantitative estimate of drug-likeness (QED) is 0.806. The van der Waals surface area contributed by atoms with Crippen LogP contribution in [0.5, 0.6) is 5.88 Å². The molecule has 1 unspecified atom stereocenters.